The maximum absolute atomic E-state index is 13.3. The molecule has 3 heteroatoms. The third-order valence-electron chi connectivity index (χ3n) is 2.72. The Morgan fingerprint density at radius 2 is 2.43 bits per heavy atom. The van der Waals surface area contributed by atoms with E-state index in [1.807, 2.05) is 6.92 Å². The number of hydrogen-bond acceptors (Lipinski definition) is 2. The molecule has 2 rings (SSSR count). The minimum atomic E-state index is -1.02. The normalized spacial score (nSPS) is 24.8. The van der Waals surface area contributed by atoms with Crippen LogP contribution in [0.15, 0.2) is 24.4 Å². The summed E-state index contributed by atoms with van der Waals surface area (Å²) in [6.07, 6.45) is 5.97. The zero-order chi connectivity index (χ0) is 10.2. The minimum absolute atomic E-state index is 0.473. The van der Waals surface area contributed by atoms with Gasteiger partial charge in [-0.3, -0.25) is 0 Å². The summed E-state index contributed by atoms with van der Waals surface area (Å²) in [6.45, 7) is 1.87. The second-order valence-electron chi connectivity index (χ2n) is 3.51. The largest absolute Gasteiger partial charge is 0.381 e. The zero-order valence-electron chi connectivity index (χ0n) is 8.00. The number of halogens is 1. The first-order valence-corrected chi connectivity index (χ1v) is 4.71. The molecule has 0 fully saturated rings. The van der Waals surface area contributed by atoms with Gasteiger partial charge < -0.3 is 5.11 Å². The van der Waals surface area contributed by atoms with Gasteiger partial charge in [0.05, 0.1) is 0 Å². The highest BCUT2D eigenvalue weighted by Crippen LogP contribution is 2.33. The predicted molar refractivity (Wildman–Crippen MR) is 51.2 cm³/mol. The fourth-order valence-corrected chi connectivity index (χ4v) is 1.84. The molecule has 0 bridgehead atoms. The van der Waals surface area contributed by atoms with E-state index in [9.17, 15) is 9.50 Å². The Balaban J connectivity index is 2.60. The van der Waals surface area contributed by atoms with Gasteiger partial charge in [-0.15, -0.1) is 0 Å². The Morgan fingerprint density at radius 3 is 3.14 bits per heavy atom. The van der Waals surface area contributed by atoms with Crippen LogP contribution in [0.2, 0.25) is 0 Å². The Morgan fingerprint density at radius 1 is 1.64 bits per heavy atom. The van der Waals surface area contributed by atoms with Crippen LogP contribution in [0.3, 0.4) is 0 Å². The van der Waals surface area contributed by atoms with Crippen LogP contribution in [0.1, 0.15) is 24.5 Å². The van der Waals surface area contributed by atoms with Crippen LogP contribution in [-0.4, -0.2) is 10.1 Å². The van der Waals surface area contributed by atoms with E-state index in [2.05, 4.69) is 4.98 Å². The number of aromatic nitrogens is 1. The van der Waals surface area contributed by atoms with Gasteiger partial charge in [0.2, 0.25) is 5.95 Å². The number of nitrogens with zero attached hydrogens (tertiary/aromatic N) is 1. The smallest absolute Gasteiger partial charge is 0.216 e. The van der Waals surface area contributed by atoms with Crippen molar-refractivity contribution in [3.8, 4) is 0 Å². The molecule has 0 amide bonds. The van der Waals surface area contributed by atoms with E-state index in [1.165, 1.54) is 6.20 Å². The molecule has 1 heterocycles. The Labute approximate surface area is 82.1 Å². The molecule has 0 saturated heterocycles. The molecule has 14 heavy (non-hydrogen) atoms. The average Bonchev–Trinajstić information content (AvgIpc) is 2.20. The molecule has 1 aliphatic carbocycles. The SMILES string of the molecule is CCC1(O)C=CCc2c1ccnc2F. The topological polar surface area (TPSA) is 33.1 Å². The van der Waals surface area contributed by atoms with Crippen LogP contribution < -0.4 is 0 Å². The van der Waals surface area contributed by atoms with Gasteiger partial charge in [0.1, 0.15) is 5.60 Å². The van der Waals surface area contributed by atoms with Crippen molar-refractivity contribution >= 4 is 0 Å². The molecule has 1 atom stereocenters. The lowest BCUT2D eigenvalue weighted by molar-refractivity contribution is 0.0815. The zero-order valence-corrected chi connectivity index (χ0v) is 8.00. The van der Waals surface area contributed by atoms with E-state index in [4.69, 9.17) is 0 Å². The van der Waals surface area contributed by atoms with Crippen molar-refractivity contribution in [3.05, 3.63) is 41.5 Å². The van der Waals surface area contributed by atoms with Crippen molar-refractivity contribution in [1.82, 2.24) is 4.98 Å². The van der Waals surface area contributed by atoms with Gasteiger partial charge >= 0.3 is 0 Å². The summed E-state index contributed by atoms with van der Waals surface area (Å²) in [5, 5.41) is 10.2. The molecule has 0 saturated carbocycles. The van der Waals surface area contributed by atoms with Gasteiger partial charge in [0.25, 0.3) is 0 Å². The predicted octanol–water partition coefficient (Wildman–Crippen LogP) is 1.93. The standard InChI is InChI=1S/C11H12FNO/c1-2-11(14)6-3-4-8-9(11)5-7-13-10(8)12/h3,5-7,14H,2,4H2,1H3. The number of aliphatic hydroxyl groups is 1. The lowest BCUT2D eigenvalue weighted by atomic mass is 9.83. The molecule has 0 spiro atoms. The molecule has 0 aromatic carbocycles. The van der Waals surface area contributed by atoms with Crippen LogP contribution in [0.4, 0.5) is 4.39 Å². The molecule has 0 radical (unpaired) electrons. The summed E-state index contributed by atoms with van der Waals surface area (Å²) in [5.41, 5.74) is 0.145. The highest BCUT2D eigenvalue weighted by molar-refractivity contribution is 5.38. The molecule has 0 aliphatic heterocycles. The highest BCUT2D eigenvalue weighted by Gasteiger charge is 2.30. The molecule has 74 valence electrons. The summed E-state index contributed by atoms with van der Waals surface area (Å²) in [7, 11) is 0. The lowest BCUT2D eigenvalue weighted by Gasteiger charge is -2.28. The van der Waals surface area contributed by atoms with Crippen LogP contribution in [0.5, 0.6) is 0 Å². The summed E-state index contributed by atoms with van der Waals surface area (Å²) in [6, 6.07) is 1.69. The van der Waals surface area contributed by atoms with Gasteiger partial charge in [-0.05, 0) is 24.5 Å². The van der Waals surface area contributed by atoms with Gasteiger partial charge in [0.15, 0.2) is 0 Å². The van der Waals surface area contributed by atoms with Gasteiger partial charge in [-0.1, -0.05) is 19.1 Å². The van der Waals surface area contributed by atoms with Crippen molar-refractivity contribution in [2.24, 2.45) is 0 Å². The molecular formula is C11H12FNO. The molecule has 1 aliphatic rings. The number of rotatable bonds is 1. The second-order valence-corrected chi connectivity index (χ2v) is 3.51. The molecule has 1 aromatic rings. The van der Waals surface area contributed by atoms with Crippen molar-refractivity contribution < 1.29 is 9.50 Å². The van der Waals surface area contributed by atoms with Gasteiger partial charge in [-0.2, -0.15) is 4.39 Å². The Hall–Kier alpha value is -1.22. The van der Waals surface area contributed by atoms with Crippen LogP contribution in [-0.2, 0) is 12.0 Å². The van der Waals surface area contributed by atoms with Crippen molar-refractivity contribution in [3.63, 3.8) is 0 Å². The summed E-state index contributed by atoms with van der Waals surface area (Å²) < 4.78 is 13.3. The third kappa shape index (κ3) is 1.24. The van der Waals surface area contributed by atoms with Crippen molar-refractivity contribution in [2.45, 2.75) is 25.4 Å². The van der Waals surface area contributed by atoms with Crippen LogP contribution in [0.25, 0.3) is 0 Å². The first kappa shape index (κ1) is 9.34. The summed E-state index contributed by atoms with van der Waals surface area (Å²) >= 11 is 0. The van der Waals surface area contributed by atoms with Crippen molar-refractivity contribution in [2.75, 3.05) is 0 Å². The highest BCUT2D eigenvalue weighted by atomic mass is 19.1. The molecule has 1 aromatic heterocycles. The van der Waals surface area contributed by atoms with Crippen LogP contribution >= 0.6 is 0 Å². The summed E-state index contributed by atoms with van der Waals surface area (Å²) in [5.74, 6) is -0.473. The van der Waals surface area contributed by atoms with Crippen molar-refractivity contribution in [1.29, 1.82) is 0 Å². The van der Waals surface area contributed by atoms with E-state index < -0.39 is 11.5 Å². The maximum Gasteiger partial charge on any atom is 0.216 e. The third-order valence-corrected chi connectivity index (χ3v) is 2.72. The van der Waals surface area contributed by atoms with Gasteiger partial charge in [-0.25, -0.2) is 4.98 Å². The van der Waals surface area contributed by atoms with E-state index in [0.29, 0.717) is 24.0 Å². The Kier molecular flexibility index (Phi) is 2.11. The summed E-state index contributed by atoms with van der Waals surface area (Å²) in [4.78, 5) is 3.58. The van der Waals surface area contributed by atoms with Crippen LogP contribution in [0, 0.1) is 5.95 Å². The number of allylic oxidation sites excluding steroid dienone is 1. The lowest BCUT2D eigenvalue weighted by Crippen LogP contribution is -2.26. The molecular weight excluding hydrogens is 181 g/mol. The number of hydrogen-bond donors (Lipinski definition) is 1. The minimum Gasteiger partial charge on any atom is -0.381 e. The molecule has 1 N–H and O–H groups in total. The second kappa shape index (κ2) is 3.17. The number of fused-ring (bicyclic) bond motifs is 1. The fourth-order valence-electron chi connectivity index (χ4n) is 1.84. The van der Waals surface area contributed by atoms with E-state index in [-0.39, 0.29) is 0 Å². The molecule has 2 nitrogen and oxygen atoms in total. The average molecular weight is 193 g/mol. The van der Waals surface area contributed by atoms with E-state index in [1.54, 1.807) is 18.2 Å². The molecule has 1 unspecified atom stereocenters. The first-order valence-electron chi connectivity index (χ1n) is 4.71. The van der Waals surface area contributed by atoms with E-state index >= 15 is 0 Å². The maximum atomic E-state index is 13.3. The monoisotopic (exact) mass is 193 g/mol. The number of pyridine rings is 1. The van der Waals surface area contributed by atoms with Gasteiger partial charge in [0, 0.05) is 11.8 Å². The van der Waals surface area contributed by atoms with E-state index in [0.717, 1.165) is 0 Å². The first-order chi connectivity index (χ1) is 6.67. The quantitative estimate of drug-likeness (QED) is 0.546. The fraction of sp³-hybridized carbons (Fsp3) is 0.364. The Bertz CT molecular complexity index is 389.